The summed E-state index contributed by atoms with van der Waals surface area (Å²) < 4.78 is 7.78. The Kier molecular flexibility index (Phi) is 4.32. The van der Waals surface area contributed by atoms with Crippen LogP contribution in [0.1, 0.15) is 61.4 Å². The van der Waals surface area contributed by atoms with Gasteiger partial charge in [-0.15, -0.1) is 0 Å². The van der Waals surface area contributed by atoms with Gasteiger partial charge in [-0.05, 0) is 46.6 Å². The minimum absolute atomic E-state index is 0.0318. The Bertz CT molecular complexity index is 649. The second-order valence-electron chi connectivity index (χ2n) is 7.72. The summed E-state index contributed by atoms with van der Waals surface area (Å²) in [5, 5.41) is 2.90. The first kappa shape index (κ1) is 16.9. The largest absolute Gasteiger partial charge is 0.444 e. The summed E-state index contributed by atoms with van der Waals surface area (Å²) in [5.74, 6) is 0.0318. The van der Waals surface area contributed by atoms with E-state index in [1.54, 1.807) is 4.90 Å². The molecule has 132 valence electrons. The molecule has 0 bridgehead atoms. The van der Waals surface area contributed by atoms with Crippen LogP contribution in [0.5, 0.6) is 0 Å². The van der Waals surface area contributed by atoms with E-state index >= 15 is 0 Å². The van der Waals surface area contributed by atoms with Gasteiger partial charge in [-0.3, -0.25) is 4.79 Å². The third kappa shape index (κ3) is 3.28. The zero-order valence-corrected chi connectivity index (χ0v) is 15.0. The highest BCUT2D eigenvalue weighted by molar-refractivity contribution is 5.96. The summed E-state index contributed by atoms with van der Waals surface area (Å²) in [7, 11) is 0. The molecule has 0 aliphatic carbocycles. The van der Waals surface area contributed by atoms with Gasteiger partial charge in [0.15, 0.2) is 0 Å². The molecule has 0 saturated carbocycles. The number of nitrogens with zero attached hydrogens (tertiary/aromatic N) is 2. The number of hydrogen-bond donors (Lipinski definition) is 1. The van der Waals surface area contributed by atoms with Gasteiger partial charge >= 0.3 is 6.09 Å². The third-order valence-electron chi connectivity index (χ3n) is 4.71. The summed E-state index contributed by atoms with van der Waals surface area (Å²) in [6, 6.07) is 2.34. The van der Waals surface area contributed by atoms with Crippen LogP contribution in [0.4, 0.5) is 4.79 Å². The number of rotatable bonds is 1. The van der Waals surface area contributed by atoms with E-state index < -0.39 is 5.60 Å². The van der Waals surface area contributed by atoms with E-state index in [1.165, 1.54) is 0 Å². The molecule has 6 heteroatoms. The van der Waals surface area contributed by atoms with Crippen molar-refractivity contribution >= 4 is 12.0 Å². The topological polar surface area (TPSA) is 63.6 Å². The van der Waals surface area contributed by atoms with Crippen LogP contribution in [0.3, 0.4) is 0 Å². The predicted molar refractivity (Wildman–Crippen MR) is 91.3 cm³/mol. The Hall–Kier alpha value is -1.98. The van der Waals surface area contributed by atoms with Crippen molar-refractivity contribution in [3.63, 3.8) is 0 Å². The number of amides is 2. The molecule has 1 N–H and O–H groups in total. The minimum atomic E-state index is -0.461. The number of likely N-dealkylation sites (tertiary alicyclic amines) is 1. The van der Waals surface area contributed by atoms with E-state index in [2.05, 4.69) is 16.8 Å². The van der Waals surface area contributed by atoms with Crippen molar-refractivity contribution in [1.82, 2.24) is 14.8 Å². The maximum Gasteiger partial charge on any atom is 0.410 e. The van der Waals surface area contributed by atoms with E-state index in [0.29, 0.717) is 25.7 Å². The third-order valence-corrected chi connectivity index (χ3v) is 4.71. The first-order valence-corrected chi connectivity index (χ1v) is 8.73. The van der Waals surface area contributed by atoms with E-state index in [9.17, 15) is 9.59 Å². The van der Waals surface area contributed by atoms with Gasteiger partial charge in [0.05, 0.1) is 5.56 Å². The lowest BCUT2D eigenvalue weighted by atomic mass is 10.0. The SMILES string of the molecule is Cc1cc2c(n1C1CCN(C(=O)OC(C)(C)C)CC1)CCNC2=O. The van der Waals surface area contributed by atoms with Crippen LogP contribution < -0.4 is 5.32 Å². The van der Waals surface area contributed by atoms with Crippen LogP contribution in [0.25, 0.3) is 0 Å². The first-order chi connectivity index (χ1) is 11.3. The van der Waals surface area contributed by atoms with Crippen LogP contribution in [0.15, 0.2) is 6.07 Å². The van der Waals surface area contributed by atoms with Crippen molar-refractivity contribution in [2.75, 3.05) is 19.6 Å². The van der Waals surface area contributed by atoms with E-state index in [4.69, 9.17) is 4.74 Å². The number of fused-ring (bicyclic) bond motifs is 1. The second kappa shape index (κ2) is 6.15. The number of carbonyl (C=O) groups excluding carboxylic acids is 2. The average Bonchev–Trinajstić information content (AvgIpc) is 2.83. The van der Waals surface area contributed by atoms with Gasteiger partial charge in [-0.1, -0.05) is 0 Å². The van der Waals surface area contributed by atoms with Gasteiger partial charge in [0, 0.05) is 43.5 Å². The summed E-state index contributed by atoms with van der Waals surface area (Å²) in [6.45, 7) is 9.81. The molecular weight excluding hydrogens is 306 g/mol. The molecule has 1 saturated heterocycles. The molecule has 24 heavy (non-hydrogen) atoms. The Morgan fingerprint density at radius 3 is 2.58 bits per heavy atom. The standard InChI is InChI=1S/C18H27N3O3/c1-12-11-14-15(5-8-19-16(14)22)21(12)13-6-9-20(10-7-13)17(23)24-18(2,3)4/h11,13H,5-10H2,1-4H3,(H,19,22). The van der Waals surface area contributed by atoms with Gasteiger partial charge < -0.3 is 19.5 Å². The Balaban J connectivity index is 1.70. The quantitative estimate of drug-likeness (QED) is 0.859. The maximum absolute atomic E-state index is 12.2. The lowest BCUT2D eigenvalue weighted by molar-refractivity contribution is 0.0187. The number of hydrogen-bond acceptors (Lipinski definition) is 3. The molecule has 1 fully saturated rings. The van der Waals surface area contributed by atoms with Crippen LogP contribution in [0.2, 0.25) is 0 Å². The fourth-order valence-electron chi connectivity index (χ4n) is 3.69. The minimum Gasteiger partial charge on any atom is -0.444 e. The van der Waals surface area contributed by atoms with Crippen molar-refractivity contribution in [1.29, 1.82) is 0 Å². The normalized spacial score (nSPS) is 19.0. The van der Waals surface area contributed by atoms with Crippen molar-refractivity contribution in [3.8, 4) is 0 Å². The molecule has 2 aliphatic heterocycles. The lowest BCUT2D eigenvalue weighted by Crippen LogP contribution is -2.42. The van der Waals surface area contributed by atoms with E-state index in [-0.39, 0.29) is 12.0 Å². The van der Waals surface area contributed by atoms with Gasteiger partial charge in [0.25, 0.3) is 5.91 Å². The Labute approximate surface area is 143 Å². The molecule has 0 aromatic carbocycles. The van der Waals surface area contributed by atoms with Gasteiger partial charge in [0.1, 0.15) is 5.60 Å². The number of aryl methyl sites for hydroxylation is 1. The fraction of sp³-hybridized carbons (Fsp3) is 0.667. The van der Waals surface area contributed by atoms with Gasteiger partial charge in [-0.25, -0.2) is 4.79 Å². The van der Waals surface area contributed by atoms with Gasteiger partial charge in [-0.2, -0.15) is 0 Å². The molecule has 6 nitrogen and oxygen atoms in total. The Morgan fingerprint density at radius 1 is 1.29 bits per heavy atom. The van der Waals surface area contributed by atoms with E-state index in [1.807, 2.05) is 26.8 Å². The highest BCUT2D eigenvalue weighted by atomic mass is 16.6. The molecule has 0 spiro atoms. The van der Waals surface area contributed by atoms with Crippen molar-refractivity contribution in [3.05, 3.63) is 23.0 Å². The zero-order valence-electron chi connectivity index (χ0n) is 15.0. The number of carbonyl (C=O) groups is 2. The zero-order chi connectivity index (χ0) is 17.5. The molecule has 0 atom stereocenters. The molecule has 2 amide bonds. The fourth-order valence-corrected chi connectivity index (χ4v) is 3.69. The summed E-state index contributed by atoms with van der Waals surface area (Å²) in [6.07, 6.45) is 2.43. The number of aromatic nitrogens is 1. The molecular formula is C18H27N3O3. The summed E-state index contributed by atoms with van der Waals surface area (Å²) in [4.78, 5) is 26.0. The average molecular weight is 333 g/mol. The molecule has 3 rings (SSSR count). The van der Waals surface area contributed by atoms with Crippen molar-refractivity contribution < 1.29 is 14.3 Å². The molecule has 3 heterocycles. The predicted octanol–water partition coefficient (Wildman–Crippen LogP) is 2.65. The van der Waals surface area contributed by atoms with Crippen LogP contribution in [-0.4, -0.2) is 46.7 Å². The second-order valence-corrected chi connectivity index (χ2v) is 7.72. The van der Waals surface area contributed by atoms with Crippen molar-refractivity contribution in [2.24, 2.45) is 0 Å². The smallest absolute Gasteiger partial charge is 0.410 e. The highest BCUT2D eigenvalue weighted by Gasteiger charge is 2.31. The number of ether oxygens (including phenoxy) is 1. The van der Waals surface area contributed by atoms with Gasteiger partial charge in [0.2, 0.25) is 0 Å². The monoisotopic (exact) mass is 333 g/mol. The summed E-state index contributed by atoms with van der Waals surface area (Å²) in [5.41, 5.74) is 2.63. The first-order valence-electron chi connectivity index (χ1n) is 8.73. The highest BCUT2D eigenvalue weighted by Crippen LogP contribution is 2.30. The molecule has 0 unspecified atom stereocenters. The molecule has 1 aromatic heterocycles. The lowest BCUT2D eigenvalue weighted by Gasteiger charge is -2.35. The molecule has 0 radical (unpaired) electrons. The van der Waals surface area contributed by atoms with E-state index in [0.717, 1.165) is 36.2 Å². The van der Waals surface area contributed by atoms with Crippen molar-refractivity contribution in [2.45, 2.75) is 58.6 Å². The van der Waals surface area contributed by atoms with Crippen LogP contribution in [0, 0.1) is 6.92 Å². The molecule has 1 aromatic rings. The maximum atomic E-state index is 12.2. The number of piperidine rings is 1. The number of nitrogens with one attached hydrogen (secondary N) is 1. The Morgan fingerprint density at radius 2 is 1.96 bits per heavy atom. The van der Waals surface area contributed by atoms with Crippen LogP contribution >= 0.6 is 0 Å². The molecule has 2 aliphatic rings. The summed E-state index contributed by atoms with van der Waals surface area (Å²) >= 11 is 0. The van der Waals surface area contributed by atoms with Crippen LogP contribution in [-0.2, 0) is 11.2 Å².